The Labute approximate surface area is 145 Å². The van der Waals surface area contributed by atoms with E-state index < -0.39 is 21.5 Å². The van der Waals surface area contributed by atoms with Crippen LogP contribution in [0.1, 0.15) is 24.1 Å². The second-order valence-corrected chi connectivity index (χ2v) is 8.34. The molecule has 0 bridgehead atoms. The smallest absolute Gasteiger partial charge is 0.235 e. The van der Waals surface area contributed by atoms with Gasteiger partial charge in [-0.25, -0.2) is 8.42 Å². The van der Waals surface area contributed by atoms with Gasteiger partial charge >= 0.3 is 0 Å². The molecule has 0 spiro atoms. The van der Waals surface area contributed by atoms with Gasteiger partial charge in [-0.1, -0.05) is 58.4 Å². The molecule has 0 aromatic heterocycles. The van der Waals surface area contributed by atoms with Crippen molar-refractivity contribution in [3.63, 3.8) is 0 Å². The number of carbonyl (C=O) groups is 1. The number of rotatable bonds is 6. The molecule has 1 amide bonds. The highest BCUT2D eigenvalue weighted by molar-refractivity contribution is 9.10. The molecule has 2 aromatic carbocycles. The molecule has 4 nitrogen and oxygen atoms in total. The molecule has 23 heavy (non-hydrogen) atoms. The van der Waals surface area contributed by atoms with Crippen LogP contribution in [0.4, 0.5) is 0 Å². The van der Waals surface area contributed by atoms with Gasteiger partial charge in [-0.2, -0.15) is 0 Å². The Hall–Kier alpha value is -1.66. The van der Waals surface area contributed by atoms with Crippen molar-refractivity contribution in [1.82, 2.24) is 5.32 Å². The largest absolute Gasteiger partial charge is 0.349 e. The molecule has 1 N–H and O–H groups in total. The summed E-state index contributed by atoms with van der Waals surface area (Å²) in [5, 5.41) is 2.72. The van der Waals surface area contributed by atoms with E-state index in [9.17, 15) is 13.2 Å². The zero-order valence-electron chi connectivity index (χ0n) is 12.7. The Morgan fingerprint density at radius 3 is 2.48 bits per heavy atom. The van der Waals surface area contributed by atoms with Gasteiger partial charge in [0.2, 0.25) is 5.91 Å². The molecule has 0 aliphatic heterocycles. The number of nitrogens with one attached hydrogen (secondary N) is 1. The van der Waals surface area contributed by atoms with Crippen molar-refractivity contribution in [2.75, 3.05) is 5.75 Å². The maximum atomic E-state index is 12.2. The van der Waals surface area contributed by atoms with E-state index in [1.165, 1.54) is 0 Å². The highest BCUT2D eigenvalue weighted by Gasteiger charge is 2.19. The maximum absolute atomic E-state index is 12.2. The lowest BCUT2D eigenvalue weighted by molar-refractivity contribution is -0.119. The molecule has 2 aromatic rings. The topological polar surface area (TPSA) is 63.2 Å². The fourth-order valence-corrected chi connectivity index (χ4v) is 3.96. The van der Waals surface area contributed by atoms with Crippen molar-refractivity contribution in [3.05, 3.63) is 70.2 Å². The van der Waals surface area contributed by atoms with E-state index >= 15 is 0 Å². The Bertz CT molecular complexity index is 775. The molecule has 122 valence electrons. The minimum atomic E-state index is -3.51. The van der Waals surface area contributed by atoms with E-state index in [0.29, 0.717) is 5.56 Å². The van der Waals surface area contributed by atoms with Crippen LogP contribution >= 0.6 is 15.9 Å². The van der Waals surface area contributed by atoms with Crippen molar-refractivity contribution in [3.8, 4) is 0 Å². The van der Waals surface area contributed by atoms with Gasteiger partial charge in [-0.05, 0) is 30.2 Å². The van der Waals surface area contributed by atoms with Crippen LogP contribution in [-0.4, -0.2) is 20.1 Å². The monoisotopic (exact) mass is 395 g/mol. The van der Waals surface area contributed by atoms with Gasteiger partial charge in [0.15, 0.2) is 9.84 Å². The molecule has 1 unspecified atom stereocenters. The average molecular weight is 396 g/mol. The molecule has 0 aliphatic rings. The van der Waals surface area contributed by atoms with Crippen LogP contribution in [0.2, 0.25) is 0 Å². The summed E-state index contributed by atoms with van der Waals surface area (Å²) in [6, 6.07) is 16.3. The molecule has 0 saturated heterocycles. The summed E-state index contributed by atoms with van der Waals surface area (Å²) < 4.78 is 25.1. The third kappa shape index (κ3) is 5.80. The van der Waals surface area contributed by atoms with Crippen LogP contribution in [0.5, 0.6) is 0 Å². The Morgan fingerprint density at radius 1 is 1.13 bits per heavy atom. The second kappa shape index (κ2) is 7.75. The molecule has 1 atom stereocenters. The second-order valence-electron chi connectivity index (χ2n) is 5.36. The van der Waals surface area contributed by atoms with E-state index in [0.717, 1.165) is 10.0 Å². The van der Waals surface area contributed by atoms with Gasteiger partial charge in [0, 0.05) is 4.47 Å². The minimum absolute atomic E-state index is 0.153. The number of sulfone groups is 1. The first kappa shape index (κ1) is 17.7. The van der Waals surface area contributed by atoms with Crippen LogP contribution < -0.4 is 5.32 Å². The summed E-state index contributed by atoms with van der Waals surface area (Å²) >= 11 is 3.31. The highest BCUT2D eigenvalue weighted by Crippen LogP contribution is 2.15. The quantitative estimate of drug-likeness (QED) is 0.816. The third-order valence-corrected chi connectivity index (χ3v) is 5.27. The fraction of sp³-hybridized carbons (Fsp3) is 0.235. The van der Waals surface area contributed by atoms with E-state index in [1.807, 2.05) is 43.3 Å². The van der Waals surface area contributed by atoms with Crippen molar-refractivity contribution < 1.29 is 13.2 Å². The van der Waals surface area contributed by atoms with Crippen molar-refractivity contribution in [2.24, 2.45) is 0 Å². The number of hydrogen-bond acceptors (Lipinski definition) is 3. The summed E-state index contributed by atoms with van der Waals surface area (Å²) in [5.41, 5.74) is 1.59. The number of benzene rings is 2. The lowest BCUT2D eigenvalue weighted by Crippen LogP contribution is -2.32. The normalized spacial score (nSPS) is 12.6. The summed E-state index contributed by atoms with van der Waals surface area (Å²) in [6.45, 7) is 1.83. The molecular weight excluding hydrogens is 378 g/mol. The van der Waals surface area contributed by atoms with Crippen LogP contribution in [-0.2, 0) is 20.4 Å². The summed E-state index contributed by atoms with van der Waals surface area (Å²) in [4.78, 5) is 12.0. The van der Waals surface area contributed by atoms with Crippen molar-refractivity contribution in [1.29, 1.82) is 0 Å². The average Bonchev–Trinajstić information content (AvgIpc) is 2.46. The minimum Gasteiger partial charge on any atom is -0.349 e. The van der Waals surface area contributed by atoms with Gasteiger partial charge in [-0.3, -0.25) is 4.79 Å². The van der Waals surface area contributed by atoms with Gasteiger partial charge in [-0.15, -0.1) is 0 Å². The van der Waals surface area contributed by atoms with Crippen molar-refractivity contribution in [2.45, 2.75) is 18.7 Å². The standard InChI is InChI=1S/C17H18BrNO3S/c1-13(15-7-3-2-4-8-15)19-17(20)12-23(21,22)11-14-6-5-9-16(18)10-14/h2-10,13H,11-12H2,1H3,(H,19,20). The molecule has 2 rings (SSSR count). The number of carbonyl (C=O) groups excluding carboxylic acids is 1. The van der Waals surface area contributed by atoms with Gasteiger partial charge in [0.05, 0.1) is 11.8 Å². The molecule has 6 heteroatoms. The molecular formula is C17H18BrNO3S. The zero-order valence-corrected chi connectivity index (χ0v) is 15.1. The number of hydrogen-bond donors (Lipinski definition) is 1. The predicted molar refractivity (Wildman–Crippen MR) is 94.6 cm³/mol. The fourth-order valence-electron chi connectivity index (χ4n) is 2.24. The van der Waals surface area contributed by atoms with Crippen LogP contribution in [0.3, 0.4) is 0 Å². The van der Waals surface area contributed by atoms with E-state index in [2.05, 4.69) is 21.2 Å². The van der Waals surface area contributed by atoms with E-state index in [4.69, 9.17) is 0 Å². The summed E-state index contributed by atoms with van der Waals surface area (Å²) in [5.74, 6) is -1.16. The lowest BCUT2D eigenvalue weighted by Gasteiger charge is -2.14. The molecule has 0 aliphatic carbocycles. The van der Waals surface area contributed by atoms with Crippen LogP contribution in [0, 0.1) is 0 Å². The first-order valence-electron chi connectivity index (χ1n) is 7.15. The third-order valence-electron chi connectivity index (χ3n) is 3.30. The SMILES string of the molecule is CC(NC(=O)CS(=O)(=O)Cc1cccc(Br)c1)c1ccccc1. The summed E-state index contributed by atoms with van der Waals surface area (Å²) in [7, 11) is -3.51. The van der Waals surface area contributed by atoms with Crippen LogP contribution in [0.15, 0.2) is 59.1 Å². The molecule has 0 heterocycles. The van der Waals surface area contributed by atoms with Gasteiger partial charge in [0.25, 0.3) is 0 Å². The number of amides is 1. The van der Waals surface area contributed by atoms with Gasteiger partial charge in [0.1, 0.15) is 5.75 Å². The first-order chi connectivity index (χ1) is 10.9. The molecule has 0 fully saturated rings. The highest BCUT2D eigenvalue weighted by atomic mass is 79.9. The van der Waals surface area contributed by atoms with E-state index in [1.54, 1.807) is 18.2 Å². The first-order valence-corrected chi connectivity index (χ1v) is 9.76. The zero-order chi connectivity index (χ0) is 16.9. The Kier molecular flexibility index (Phi) is 5.96. The molecule has 0 saturated carbocycles. The predicted octanol–water partition coefficient (Wildman–Crippen LogP) is 3.24. The molecule has 0 radical (unpaired) electrons. The Morgan fingerprint density at radius 2 is 1.83 bits per heavy atom. The Balaban J connectivity index is 1.96. The lowest BCUT2D eigenvalue weighted by atomic mass is 10.1. The van der Waals surface area contributed by atoms with Crippen LogP contribution in [0.25, 0.3) is 0 Å². The van der Waals surface area contributed by atoms with E-state index in [-0.39, 0.29) is 11.8 Å². The summed E-state index contributed by atoms with van der Waals surface area (Å²) in [6.07, 6.45) is 0. The number of halogens is 1. The maximum Gasteiger partial charge on any atom is 0.235 e. The van der Waals surface area contributed by atoms with Crippen molar-refractivity contribution >= 4 is 31.7 Å². The van der Waals surface area contributed by atoms with Gasteiger partial charge < -0.3 is 5.32 Å².